The van der Waals surface area contributed by atoms with Gasteiger partial charge in [-0.1, -0.05) is 13.8 Å². The maximum Gasteiger partial charge on any atom is 0.138 e. The summed E-state index contributed by atoms with van der Waals surface area (Å²) < 4.78 is 1.98. The molecule has 1 atom stereocenters. The fraction of sp³-hybridized carbons (Fsp3) is 0.818. The molecule has 0 aliphatic heterocycles. The van der Waals surface area contributed by atoms with Crippen molar-refractivity contribution in [2.24, 2.45) is 11.1 Å². The molecule has 0 aliphatic carbocycles. The molecular weight excluding hydrogens is 188 g/mol. The summed E-state index contributed by atoms with van der Waals surface area (Å²) in [4.78, 5) is 4.31. The molecule has 1 aromatic rings. The van der Waals surface area contributed by atoms with Gasteiger partial charge in [-0.05, 0) is 32.2 Å². The van der Waals surface area contributed by atoms with Crippen molar-refractivity contribution in [1.82, 2.24) is 14.8 Å². The van der Waals surface area contributed by atoms with Gasteiger partial charge in [0.2, 0.25) is 0 Å². The minimum absolute atomic E-state index is 0.139. The average molecular weight is 210 g/mol. The monoisotopic (exact) mass is 210 g/mol. The van der Waals surface area contributed by atoms with Crippen LogP contribution >= 0.6 is 0 Å². The average Bonchev–Trinajstić information content (AvgIpc) is 2.65. The van der Waals surface area contributed by atoms with Gasteiger partial charge in [0.25, 0.3) is 0 Å². The van der Waals surface area contributed by atoms with E-state index in [9.17, 15) is 0 Å². The lowest BCUT2D eigenvalue weighted by Crippen LogP contribution is -2.30. The van der Waals surface area contributed by atoms with Crippen LogP contribution < -0.4 is 5.73 Å². The minimum Gasteiger partial charge on any atom is -0.330 e. The molecule has 0 amide bonds. The van der Waals surface area contributed by atoms with Gasteiger partial charge in [-0.15, -0.1) is 0 Å². The summed E-state index contributed by atoms with van der Waals surface area (Å²) in [5.41, 5.74) is 5.94. The first-order valence-corrected chi connectivity index (χ1v) is 5.61. The summed E-state index contributed by atoms with van der Waals surface area (Å²) in [6.07, 6.45) is 3.59. The fourth-order valence-corrected chi connectivity index (χ4v) is 1.56. The second-order valence-corrected chi connectivity index (χ2v) is 4.76. The van der Waals surface area contributed by atoms with Crippen LogP contribution in [0.2, 0.25) is 0 Å². The summed E-state index contributed by atoms with van der Waals surface area (Å²) >= 11 is 0. The number of nitrogens with two attached hydrogens (primary N) is 1. The van der Waals surface area contributed by atoms with Crippen LogP contribution in [0.5, 0.6) is 0 Å². The van der Waals surface area contributed by atoms with Crippen LogP contribution in [-0.4, -0.2) is 21.3 Å². The Morgan fingerprint density at radius 3 is 2.67 bits per heavy atom. The van der Waals surface area contributed by atoms with Gasteiger partial charge in [0.15, 0.2) is 0 Å². The van der Waals surface area contributed by atoms with Gasteiger partial charge < -0.3 is 5.73 Å². The van der Waals surface area contributed by atoms with E-state index in [-0.39, 0.29) is 5.41 Å². The van der Waals surface area contributed by atoms with Crippen LogP contribution in [0, 0.1) is 5.41 Å². The molecule has 0 spiro atoms. The Balaban J connectivity index is 2.84. The molecule has 15 heavy (non-hydrogen) atoms. The lowest BCUT2D eigenvalue weighted by atomic mass is 9.84. The van der Waals surface area contributed by atoms with Gasteiger partial charge in [-0.3, -0.25) is 0 Å². The van der Waals surface area contributed by atoms with Crippen molar-refractivity contribution in [3.8, 4) is 0 Å². The molecule has 0 saturated carbocycles. The highest BCUT2D eigenvalue weighted by molar-refractivity contribution is 4.93. The highest BCUT2D eigenvalue weighted by Gasteiger charge is 2.23. The lowest BCUT2D eigenvalue weighted by Gasteiger charge is -2.26. The van der Waals surface area contributed by atoms with Gasteiger partial charge >= 0.3 is 0 Å². The number of nitrogens with zero attached hydrogens (tertiary/aromatic N) is 3. The zero-order chi connectivity index (χ0) is 11.5. The van der Waals surface area contributed by atoms with E-state index in [2.05, 4.69) is 37.8 Å². The van der Waals surface area contributed by atoms with E-state index in [0.29, 0.717) is 12.6 Å². The molecular formula is C11H22N4. The predicted molar refractivity (Wildman–Crippen MR) is 61.6 cm³/mol. The summed E-state index contributed by atoms with van der Waals surface area (Å²) in [7, 11) is 0. The molecule has 1 unspecified atom stereocenters. The third-order valence-electron chi connectivity index (χ3n) is 3.07. The van der Waals surface area contributed by atoms with Gasteiger partial charge in [0.1, 0.15) is 12.2 Å². The quantitative estimate of drug-likeness (QED) is 0.806. The van der Waals surface area contributed by atoms with Crippen LogP contribution in [0.1, 0.15) is 46.0 Å². The number of hydrogen-bond donors (Lipinski definition) is 1. The molecule has 0 radical (unpaired) electrons. The number of aromatic nitrogens is 3. The summed E-state index contributed by atoms with van der Waals surface area (Å²) in [5.74, 6) is 1.04. The highest BCUT2D eigenvalue weighted by atomic mass is 15.3. The van der Waals surface area contributed by atoms with Gasteiger partial charge in [0.05, 0.1) is 0 Å². The first kappa shape index (κ1) is 12.2. The van der Waals surface area contributed by atoms with E-state index in [0.717, 1.165) is 18.7 Å². The van der Waals surface area contributed by atoms with Crippen LogP contribution in [0.25, 0.3) is 0 Å². The number of rotatable bonds is 5. The van der Waals surface area contributed by atoms with Crippen LogP contribution in [0.4, 0.5) is 0 Å². The molecule has 1 rings (SSSR count). The molecule has 1 aromatic heterocycles. The van der Waals surface area contributed by atoms with E-state index < -0.39 is 0 Å². The summed E-state index contributed by atoms with van der Waals surface area (Å²) in [6.45, 7) is 9.29. The van der Waals surface area contributed by atoms with Crippen molar-refractivity contribution in [3.05, 3.63) is 12.2 Å². The Kier molecular flexibility index (Phi) is 3.85. The van der Waals surface area contributed by atoms with Crippen molar-refractivity contribution in [2.75, 3.05) is 6.54 Å². The predicted octanol–water partition coefficient (Wildman–Crippen LogP) is 1.78. The maximum atomic E-state index is 5.80. The normalized spacial score (nSPS) is 15.6. The second-order valence-electron chi connectivity index (χ2n) is 4.76. The molecule has 86 valence electrons. The zero-order valence-corrected chi connectivity index (χ0v) is 10.2. The van der Waals surface area contributed by atoms with Gasteiger partial charge in [-0.2, -0.15) is 5.10 Å². The standard InChI is InChI=1S/C11H22N4/c1-5-11(4,7-12)6-10-13-8-14-15(10)9(2)3/h8-9H,5-7,12H2,1-4H3. The molecule has 0 saturated heterocycles. The second kappa shape index (κ2) is 4.75. The minimum atomic E-state index is 0.139. The Labute approximate surface area is 91.9 Å². The van der Waals surface area contributed by atoms with E-state index in [1.165, 1.54) is 0 Å². The topological polar surface area (TPSA) is 56.7 Å². The maximum absolute atomic E-state index is 5.80. The molecule has 1 heterocycles. The van der Waals surface area contributed by atoms with Crippen LogP contribution in [0.3, 0.4) is 0 Å². The molecule has 4 nitrogen and oxygen atoms in total. The summed E-state index contributed by atoms with van der Waals surface area (Å²) in [5, 5.41) is 4.23. The van der Waals surface area contributed by atoms with E-state index >= 15 is 0 Å². The van der Waals surface area contributed by atoms with Crippen molar-refractivity contribution in [1.29, 1.82) is 0 Å². The Hall–Kier alpha value is -0.900. The molecule has 0 aromatic carbocycles. The van der Waals surface area contributed by atoms with Crippen molar-refractivity contribution >= 4 is 0 Å². The van der Waals surface area contributed by atoms with Crippen molar-refractivity contribution in [3.63, 3.8) is 0 Å². The van der Waals surface area contributed by atoms with Gasteiger partial charge in [-0.25, -0.2) is 9.67 Å². The highest BCUT2D eigenvalue weighted by Crippen LogP contribution is 2.24. The largest absolute Gasteiger partial charge is 0.330 e. The van der Waals surface area contributed by atoms with E-state index in [1.807, 2.05) is 4.68 Å². The SMILES string of the molecule is CCC(C)(CN)Cc1ncnn1C(C)C. The third kappa shape index (κ3) is 2.78. The molecule has 2 N–H and O–H groups in total. The van der Waals surface area contributed by atoms with Crippen LogP contribution in [-0.2, 0) is 6.42 Å². The molecule has 4 heteroatoms. The Morgan fingerprint density at radius 1 is 1.53 bits per heavy atom. The number of hydrogen-bond acceptors (Lipinski definition) is 3. The van der Waals surface area contributed by atoms with E-state index in [4.69, 9.17) is 5.73 Å². The molecule has 0 fully saturated rings. The van der Waals surface area contributed by atoms with Crippen molar-refractivity contribution < 1.29 is 0 Å². The van der Waals surface area contributed by atoms with Gasteiger partial charge in [0, 0.05) is 12.5 Å². The third-order valence-corrected chi connectivity index (χ3v) is 3.07. The van der Waals surface area contributed by atoms with E-state index in [1.54, 1.807) is 6.33 Å². The first-order valence-electron chi connectivity index (χ1n) is 5.61. The molecule has 0 aliphatic rings. The Bertz CT molecular complexity index is 299. The molecule has 0 bridgehead atoms. The fourth-order valence-electron chi connectivity index (χ4n) is 1.56. The first-order chi connectivity index (χ1) is 7.02. The zero-order valence-electron chi connectivity index (χ0n) is 10.2. The van der Waals surface area contributed by atoms with Crippen LogP contribution in [0.15, 0.2) is 6.33 Å². The lowest BCUT2D eigenvalue weighted by molar-refractivity contribution is 0.303. The summed E-state index contributed by atoms with van der Waals surface area (Å²) in [6, 6.07) is 0.362. The van der Waals surface area contributed by atoms with Crippen molar-refractivity contribution in [2.45, 2.75) is 46.6 Å². The smallest absolute Gasteiger partial charge is 0.138 e. The Morgan fingerprint density at radius 2 is 2.20 bits per heavy atom.